The van der Waals surface area contributed by atoms with E-state index in [1.807, 2.05) is 36.8 Å². The minimum absolute atomic E-state index is 0.0291. The number of imidazole rings is 1. The van der Waals surface area contributed by atoms with Crippen LogP contribution in [0.15, 0.2) is 78.0 Å². The lowest BCUT2D eigenvalue weighted by Gasteiger charge is -2.26. The summed E-state index contributed by atoms with van der Waals surface area (Å²) in [4.78, 5) is 19.3. The van der Waals surface area contributed by atoms with Crippen LogP contribution in [-0.2, 0) is 11.3 Å². The summed E-state index contributed by atoms with van der Waals surface area (Å²) < 4.78 is 9.29. The van der Waals surface area contributed by atoms with Crippen LogP contribution in [0.5, 0.6) is 0 Å². The Morgan fingerprint density at radius 1 is 0.900 bits per heavy atom. The van der Waals surface area contributed by atoms with E-state index in [1.165, 1.54) is 0 Å². The van der Waals surface area contributed by atoms with Crippen LogP contribution < -0.4 is 5.56 Å². The van der Waals surface area contributed by atoms with Gasteiger partial charge in [0.15, 0.2) is 0 Å². The van der Waals surface area contributed by atoms with Gasteiger partial charge in [0.05, 0.1) is 24.2 Å². The monoisotopic (exact) mass is 400 g/mol. The number of nitrogens with zero attached hydrogens (tertiary/aromatic N) is 4. The Kier molecular flexibility index (Phi) is 5.17. The summed E-state index contributed by atoms with van der Waals surface area (Å²) >= 11 is 0. The Bertz CT molecular complexity index is 1210. The standard InChI is InChI=1S/C24H24N4O2/c29-24-9-7-20(17-27(24)11-10-26-12-14-30-15-13-26)19-6-8-23-22(16-19)25-18-28(23)21-4-2-1-3-5-21/h1-9,16-18H,10-15H2. The Hall–Kier alpha value is -3.22. The fourth-order valence-corrected chi connectivity index (χ4v) is 3.94. The summed E-state index contributed by atoms with van der Waals surface area (Å²) in [5.74, 6) is 0. The summed E-state index contributed by atoms with van der Waals surface area (Å²) in [6.07, 6.45) is 3.81. The number of pyridine rings is 1. The SMILES string of the molecule is O=c1ccc(-c2ccc3c(c2)ncn3-c2ccccc2)cn1CCN1CCOCC1. The number of morpholine rings is 1. The maximum absolute atomic E-state index is 12.4. The molecule has 0 atom stereocenters. The van der Waals surface area contributed by atoms with Gasteiger partial charge in [-0.25, -0.2) is 4.98 Å². The average Bonchev–Trinajstić information content (AvgIpc) is 3.23. The highest BCUT2D eigenvalue weighted by Crippen LogP contribution is 2.25. The molecule has 6 nitrogen and oxygen atoms in total. The molecule has 2 aromatic heterocycles. The van der Waals surface area contributed by atoms with Crippen LogP contribution in [0.2, 0.25) is 0 Å². The second kappa shape index (κ2) is 8.26. The van der Waals surface area contributed by atoms with Crippen molar-refractivity contribution in [3.05, 3.63) is 83.5 Å². The number of para-hydroxylation sites is 1. The van der Waals surface area contributed by atoms with Crippen molar-refractivity contribution >= 4 is 11.0 Å². The molecular formula is C24H24N4O2. The largest absolute Gasteiger partial charge is 0.379 e. The van der Waals surface area contributed by atoms with Crippen molar-refractivity contribution in [2.45, 2.75) is 6.54 Å². The molecule has 152 valence electrons. The van der Waals surface area contributed by atoms with Gasteiger partial charge in [0.25, 0.3) is 5.56 Å². The lowest BCUT2D eigenvalue weighted by Crippen LogP contribution is -2.39. The zero-order chi connectivity index (χ0) is 20.3. The molecule has 0 aliphatic carbocycles. The quantitative estimate of drug-likeness (QED) is 0.516. The van der Waals surface area contributed by atoms with Crippen molar-refractivity contribution in [1.29, 1.82) is 0 Å². The zero-order valence-corrected chi connectivity index (χ0v) is 16.8. The Balaban J connectivity index is 1.41. The topological polar surface area (TPSA) is 52.3 Å². The van der Waals surface area contributed by atoms with Crippen molar-refractivity contribution in [3.63, 3.8) is 0 Å². The van der Waals surface area contributed by atoms with Crippen molar-refractivity contribution in [3.8, 4) is 16.8 Å². The molecule has 0 radical (unpaired) electrons. The van der Waals surface area contributed by atoms with Crippen LogP contribution in [0.1, 0.15) is 0 Å². The fourth-order valence-electron chi connectivity index (χ4n) is 3.94. The van der Waals surface area contributed by atoms with Gasteiger partial charge in [-0.05, 0) is 41.5 Å². The van der Waals surface area contributed by atoms with E-state index in [-0.39, 0.29) is 5.56 Å². The number of rotatable bonds is 5. The molecule has 3 heterocycles. The molecule has 30 heavy (non-hydrogen) atoms. The molecule has 0 saturated carbocycles. The minimum atomic E-state index is 0.0291. The van der Waals surface area contributed by atoms with E-state index < -0.39 is 0 Å². The lowest BCUT2D eigenvalue weighted by molar-refractivity contribution is 0.0363. The molecule has 1 aliphatic rings. The first-order valence-electron chi connectivity index (χ1n) is 10.3. The number of ether oxygens (including phenoxy) is 1. The smallest absolute Gasteiger partial charge is 0.250 e. The van der Waals surface area contributed by atoms with E-state index >= 15 is 0 Å². The number of hydrogen-bond acceptors (Lipinski definition) is 4. The number of aromatic nitrogens is 3. The molecule has 2 aromatic carbocycles. The van der Waals surface area contributed by atoms with E-state index in [1.54, 1.807) is 10.6 Å². The number of fused-ring (bicyclic) bond motifs is 1. The number of benzene rings is 2. The Labute approximate surface area is 175 Å². The summed E-state index contributed by atoms with van der Waals surface area (Å²) in [7, 11) is 0. The molecule has 0 bridgehead atoms. The zero-order valence-electron chi connectivity index (χ0n) is 16.8. The molecule has 4 aromatic rings. The summed E-state index contributed by atoms with van der Waals surface area (Å²) in [6, 6.07) is 20.0. The first kappa shape index (κ1) is 18.8. The van der Waals surface area contributed by atoms with Crippen LogP contribution in [0.4, 0.5) is 0 Å². The van der Waals surface area contributed by atoms with Crippen LogP contribution in [-0.4, -0.2) is 51.9 Å². The summed E-state index contributed by atoms with van der Waals surface area (Å²) in [5.41, 5.74) is 5.19. The third-order valence-corrected chi connectivity index (χ3v) is 5.66. The van der Waals surface area contributed by atoms with E-state index in [4.69, 9.17) is 4.74 Å². The van der Waals surface area contributed by atoms with Gasteiger partial charge in [0.2, 0.25) is 0 Å². The molecule has 6 heteroatoms. The van der Waals surface area contributed by atoms with Crippen molar-refractivity contribution in [2.75, 3.05) is 32.8 Å². The third kappa shape index (κ3) is 3.79. The van der Waals surface area contributed by atoms with Gasteiger partial charge >= 0.3 is 0 Å². The van der Waals surface area contributed by atoms with Crippen LogP contribution in [0, 0.1) is 0 Å². The predicted octanol–water partition coefficient (Wildman–Crippen LogP) is 3.19. The maximum Gasteiger partial charge on any atom is 0.250 e. The molecule has 0 unspecified atom stereocenters. The highest BCUT2D eigenvalue weighted by atomic mass is 16.5. The van der Waals surface area contributed by atoms with Crippen LogP contribution in [0.25, 0.3) is 27.8 Å². The average molecular weight is 400 g/mol. The molecule has 5 rings (SSSR count). The number of hydrogen-bond donors (Lipinski definition) is 0. The van der Waals surface area contributed by atoms with Crippen LogP contribution in [0.3, 0.4) is 0 Å². The highest BCUT2D eigenvalue weighted by molar-refractivity contribution is 5.83. The van der Waals surface area contributed by atoms with Crippen molar-refractivity contribution in [2.24, 2.45) is 0 Å². The highest BCUT2D eigenvalue weighted by Gasteiger charge is 2.11. The van der Waals surface area contributed by atoms with Gasteiger partial charge in [0, 0.05) is 44.1 Å². The summed E-state index contributed by atoms with van der Waals surface area (Å²) in [5, 5.41) is 0. The summed E-state index contributed by atoms with van der Waals surface area (Å²) in [6.45, 7) is 4.92. The molecular weight excluding hydrogens is 376 g/mol. The Morgan fingerprint density at radius 3 is 2.53 bits per heavy atom. The lowest BCUT2D eigenvalue weighted by atomic mass is 10.1. The molecule has 0 N–H and O–H groups in total. The van der Waals surface area contributed by atoms with E-state index in [2.05, 4.69) is 44.8 Å². The van der Waals surface area contributed by atoms with E-state index in [0.717, 1.165) is 60.7 Å². The van der Waals surface area contributed by atoms with Crippen molar-refractivity contribution in [1.82, 2.24) is 19.0 Å². The minimum Gasteiger partial charge on any atom is -0.379 e. The first-order chi connectivity index (χ1) is 14.8. The first-order valence-corrected chi connectivity index (χ1v) is 10.3. The van der Waals surface area contributed by atoms with E-state index in [9.17, 15) is 4.79 Å². The molecule has 1 aliphatic heterocycles. The van der Waals surface area contributed by atoms with Gasteiger partial charge in [-0.2, -0.15) is 0 Å². The third-order valence-electron chi connectivity index (χ3n) is 5.66. The second-order valence-electron chi connectivity index (χ2n) is 7.56. The second-order valence-corrected chi connectivity index (χ2v) is 7.56. The Morgan fingerprint density at radius 2 is 1.70 bits per heavy atom. The maximum atomic E-state index is 12.4. The molecule has 1 saturated heterocycles. The van der Waals surface area contributed by atoms with Crippen molar-refractivity contribution < 1.29 is 4.74 Å². The molecule has 0 spiro atoms. The van der Waals surface area contributed by atoms with Gasteiger partial charge in [0.1, 0.15) is 6.33 Å². The van der Waals surface area contributed by atoms with Gasteiger partial charge in [-0.15, -0.1) is 0 Å². The normalized spacial score (nSPS) is 14.9. The van der Waals surface area contributed by atoms with Gasteiger partial charge < -0.3 is 9.30 Å². The van der Waals surface area contributed by atoms with Gasteiger partial charge in [-0.3, -0.25) is 14.3 Å². The predicted molar refractivity (Wildman–Crippen MR) is 118 cm³/mol. The molecule has 0 amide bonds. The molecule has 1 fully saturated rings. The van der Waals surface area contributed by atoms with E-state index in [0.29, 0.717) is 6.54 Å². The fraction of sp³-hybridized carbons (Fsp3) is 0.250. The van der Waals surface area contributed by atoms with Crippen LogP contribution >= 0.6 is 0 Å². The van der Waals surface area contributed by atoms with Gasteiger partial charge in [-0.1, -0.05) is 24.3 Å².